The molecule has 1 saturated heterocycles. The summed E-state index contributed by atoms with van der Waals surface area (Å²) < 4.78 is 12.3. The van der Waals surface area contributed by atoms with Crippen molar-refractivity contribution >= 4 is 90.8 Å². The Bertz CT molecular complexity index is 1690. The maximum atomic E-state index is 13.4. The highest BCUT2D eigenvalue weighted by Crippen LogP contribution is 2.39. The minimum atomic E-state index is -0.627. The fourth-order valence-corrected chi connectivity index (χ4v) is 5.58. The number of ether oxygens (including phenoxy) is 2. The number of amides is 2. The van der Waals surface area contributed by atoms with Gasteiger partial charge in [0.25, 0.3) is 11.8 Å². The number of carbonyl (C=O) groups excluding carboxylic acids is 2. The number of hydrogen-bond donors (Lipinski definition) is 1. The van der Waals surface area contributed by atoms with Crippen LogP contribution in [0.25, 0.3) is 16.8 Å². The molecule has 196 valence electrons. The molecule has 6 nitrogen and oxygen atoms in total. The predicted octanol–water partition coefficient (Wildman–Crippen LogP) is 7.33. The van der Waals surface area contributed by atoms with Crippen LogP contribution in [-0.4, -0.2) is 24.0 Å². The Morgan fingerprint density at radius 1 is 1.03 bits per heavy atom. The summed E-state index contributed by atoms with van der Waals surface area (Å²) in [6.07, 6.45) is 1.46. The standard InChI is InChI=1S/C29H19BrCl2N2O4S/c1-37-25-13-16(12-22(30)26(25)38-15-18-7-4-6-17-5-2-3-8-20(17)18)11-21-27(35)33-29(39)34(28(21)36)24-10-9-19(31)14-23(24)32/h2-14H,15H2,1H3,(H,33,35,39)/b21-11+. The molecule has 1 N–H and O–H groups in total. The van der Waals surface area contributed by atoms with E-state index in [1.807, 2.05) is 30.3 Å². The van der Waals surface area contributed by atoms with E-state index in [9.17, 15) is 9.59 Å². The lowest BCUT2D eigenvalue weighted by Gasteiger charge is -2.29. The molecule has 10 heteroatoms. The second-order valence-corrected chi connectivity index (χ2v) is 10.6. The van der Waals surface area contributed by atoms with E-state index >= 15 is 0 Å². The Balaban J connectivity index is 1.45. The normalized spacial score (nSPS) is 14.6. The minimum Gasteiger partial charge on any atom is -0.493 e. The number of halogens is 3. The number of fused-ring (bicyclic) bond motifs is 1. The quantitative estimate of drug-likeness (QED) is 0.136. The summed E-state index contributed by atoms with van der Waals surface area (Å²) >= 11 is 21.1. The van der Waals surface area contributed by atoms with Crippen molar-refractivity contribution in [2.24, 2.45) is 0 Å². The summed E-state index contributed by atoms with van der Waals surface area (Å²) in [7, 11) is 1.52. The molecule has 4 aromatic rings. The number of carbonyl (C=O) groups is 2. The number of hydrogen-bond acceptors (Lipinski definition) is 5. The zero-order valence-electron chi connectivity index (χ0n) is 20.3. The molecule has 0 unspecified atom stereocenters. The fraction of sp³-hybridized carbons (Fsp3) is 0.0690. The zero-order chi connectivity index (χ0) is 27.7. The van der Waals surface area contributed by atoms with Gasteiger partial charge >= 0.3 is 0 Å². The number of nitrogens with zero attached hydrogens (tertiary/aromatic N) is 1. The van der Waals surface area contributed by atoms with Crippen LogP contribution in [0.4, 0.5) is 5.69 Å². The molecule has 0 aromatic heterocycles. The average molecular weight is 642 g/mol. The Kier molecular flexibility index (Phi) is 7.91. The van der Waals surface area contributed by atoms with Crippen molar-refractivity contribution in [2.45, 2.75) is 6.61 Å². The van der Waals surface area contributed by atoms with Crippen LogP contribution in [0.15, 0.2) is 82.8 Å². The number of rotatable bonds is 6. The molecule has 1 aliphatic heterocycles. The van der Waals surface area contributed by atoms with E-state index in [1.54, 1.807) is 24.3 Å². The Morgan fingerprint density at radius 3 is 2.56 bits per heavy atom. The van der Waals surface area contributed by atoms with Gasteiger partial charge in [-0.3, -0.25) is 19.8 Å². The van der Waals surface area contributed by atoms with Gasteiger partial charge < -0.3 is 9.47 Å². The Labute approximate surface area is 248 Å². The van der Waals surface area contributed by atoms with Crippen LogP contribution in [0.1, 0.15) is 11.1 Å². The highest BCUT2D eigenvalue weighted by atomic mass is 79.9. The number of benzene rings is 4. The third-order valence-corrected chi connectivity index (χ3v) is 7.48. The van der Waals surface area contributed by atoms with Gasteiger partial charge in [0, 0.05) is 5.02 Å². The lowest BCUT2D eigenvalue weighted by molar-refractivity contribution is -0.122. The van der Waals surface area contributed by atoms with E-state index < -0.39 is 11.8 Å². The summed E-state index contributed by atoms with van der Waals surface area (Å²) in [5.74, 6) is -0.340. The summed E-state index contributed by atoms with van der Waals surface area (Å²) in [6, 6.07) is 22.2. The second-order valence-electron chi connectivity index (χ2n) is 8.51. The molecule has 0 spiro atoms. The summed E-state index contributed by atoms with van der Waals surface area (Å²) in [6.45, 7) is 0.311. The predicted molar refractivity (Wildman–Crippen MR) is 162 cm³/mol. The molecule has 5 rings (SSSR count). The topological polar surface area (TPSA) is 67.9 Å². The molecule has 0 saturated carbocycles. The van der Waals surface area contributed by atoms with Crippen molar-refractivity contribution in [3.05, 3.63) is 104 Å². The molecular weight excluding hydrogens is 623 g/mol. The number of methoxy groups -OCH3 is 1. The van der Waals surface area contributed by atoms with Crippen molar-refractivity contribution < 1.29 is 19.1 Å². The molecule has 1 aliphatic rings. The largest absolute Gasteiger partial charge is 0.493 e. The van der Waals surface area contributed by atoms with Crippen LogP contribution in [-0.2, 0) is 16.2 Å². The van der Waals surface area contributed by atoms with Gasteiger partial charge in [0.2, 0.25) is 0 Å². The maximum Gasteiger partial charge on any atom is 0.270 e. The molecule has 0 radical (unpaired) electrons. The molecule has 0 bridgehead atoms. The Hall–Kier alpha value is -3.43. The molecule has 1 fully saturated rings. The van der Waals surface area contributed by atoms with Gasteiger partial charge in [-0.05, 0) is 86.5 Å². The van der Waals surface area contributed by atoms with Crippen LogP contribution < -0.4 is 19.7 Å². The summed E-state index contributed by atoms with van der Waals surface area (Å²) in [4.78, 5) is 27.3. The third-order valence-electron chi connectivity index (χ3n) is 6.07. The van der Waals surface area contributed by atoms with E-state index in [0.717, 1.165) is 21.2 Å². The van der Waals surface area contributed by atoms with E-state index in [2.05, 4.69) is 33.4 Å². The molecule has 1 heterocycles. The second kappa shape index (κ2) is 11.4. The van der Waals surface area contributed by atoms with Crippen LogP contribution in [0.2, 0.25) is 10.0 Å². The van der Waals surface area contributed by atoms with E-state index in [-0.39, 0.29) is 15.7 Å². The molecule has 39 heavy (non-hydrogen) atoms. The molecule has 0 atom stereocenters. The highest BCUT2D eigenvalue weighted by molar-refractivity contribution is 9.10. The first-order valence-corrected chi connectivity index (χ1v) is 13.6. The maximum absolute atomic E-state index is 13.4. The van der Waals surface area contributed by atoms with Gasteiger partial charge in [-0.2, -0.15) is 0 Å². The van der Waals surface area contributed by atoms with Gasteiger partial charge in [-0.1, -0.05) is 65.7 Å². The van der Waals surface area contributed by atoms with Crippen LogP contribution in [0.5, 0.6) is 11.5 Å². The monoisotopic (exact) mass is 640 g/mol. The fourth-order valence-electron chi connectivity index (χ4n) is 4.24. The van der Waals surface area contributed by atoms with Crippen molar-refractivity contribution in [3.8, 4) is 11.5 Å². The lowest BCUT2D eigenvalue weighted by Crippen LogP contribution is -2.54. The number of nitrogens with one attached hydrogen (secondary N) is 1. The van der Waals surface area contributed by atoms with E-state index in [4.69, 9.17) is 44.9 Å². The van der Waals surface area contributed by atoms with Crippen molar-refractivity contribution in [2.75, 3.05) is 12.0 Å². The van der Waals surface area contributed by atoms with Crippen molar-refractivity contribution in [1.29, 1.82) is 0 Å². The smallest absolute Gasteiger partial charge is 0.270 e. The summed E-state index contributed by atoms with van der Waals surface area (Å²) in [5.41, 5.74) is 1.73. The van der Waals surface area contributed by atoms with Crippen molar-refractivity contribution in [3.63, 3.8) is 0 Å². The molecular formula is C29H19BrCl2N2O4S. The summed E-state index contributed by atoms with van der Waals surface area (Å²) in [5, 5.41) is 5.30. The average Bonchev–Trinajstić information content (AvgIpc) is 2.91. The molecule has 2 amide bonds. The van der Waals surface area contributed by atoms with Crippen LogP contribution in [0, 0.1) is 0 Å². The first-order valence-electron chi connectivity index (χ1n) is 11.6. The first kappa shape index (κ1) is 27.1. The number of anilines is 1. The van der Waals surface area contributed by atoms with Gasteiger partial charge in [-0.25, -0.2) is 0 Å². The molecule has 4 aromatic carbocycles. The first-order chi connectivity index (χ1) is 18.8. The Morgan fingerprint density at radius 2 is 1.79 bits per heavy atom. The van der Waals surface area contributed by atoms with Gasteiger partial charge in [-0.15, -0.1) is 0 Å². The zero-order valence-corrected chi connectivity index (χ0v) is 24.2. The van der Waals surface area contributed by atoms with Crippen LogP contribution >= 0.6 is 51.3 Å². The van der Waals surface area contributed by atoms with Gasteiger partial charge in [0.1, 0.15) is 12.2 Å². The number of thiocarbonyl (C=S) groups is 1. The minimum absolute atomic E-state index is 0.0812. The van der Waals surface area contributed by atoms with Gasteiger partial charge in [0.15, 0.2) is 16.6 Å². The molecule has 0 aliphatic carbocycles. The van der Waals surface area contributed by atoms with Gasteiger partial charge in [0.05, 0.1) is 22.3 Å². The van der Waals surface area contributed by atoms with E-state index in [0.29, 0.717) is 38.9 Å². The lowest BCUT2D eigenvalue weighted by atomic mass is 10.1. The van der Waals surface area contributed by atoms with Crippen LogP contribution in [0.3, 0.4) is 0 Å². The SMILES string of the molecule is COc1cc(/C=C2\C(=O)NC(=S)N(c3ccc(Cl)cc3Cl)C2=O)cc(Br)c1OCc1cccc2ccccc12. The van der Waals surface area contributed by atoms with E-state index in [1.165, 1.54) is 19.3 Å². The van der Waals surface area contributed by atoms with Crippen molar-refractivity contribution in [1.82, 2.24) is 5.32 Å². The highest BCUT2D eigenvalue weighted by Gasteiger charge is 2.35. The third kappa shape index (κ3) is 5.51.